The number of rotatable bonds is 4. The summed E-state index contributed by atoms with van der Waals surface area (Å²) >= 11 is 0. The Hall–Kier alpha value is -1.86. The third-order valence-corrected chi connectivity index (χ3v) is 4.61. The zero-order valence-electron chi connectivity index (χ0n) is 13.6. The summed E-state index contributed by atoms with van der Waals surface area (Å²) in [6.07, 6.45) is -3.21. The summed E-state index contributed by atoms with van der Waals surface area (Å²) in [7, 11) is 0. The van der Waals surface area contributed by atoms with Gasteiger partial charge in [-0.2, -0.15) is 0 Å². The van der Waals surface area contributed by atoms with Gasteiger partial charge in [0.15, 0.2) is 0 Å². The minimum absolute atomic E-state index is 0.0187. The summed E-state index contributed by atoms with van der Waals surface area (Å²) in [4.78, 5) is 1.69. The Morgan fingerprint density at radius 3 is 2.00 bits per heavy atom. The molecule has 1 saturated heterocycles. The fraction of sp³-hybridized carbons (Fsp3) is 0.368. The third-order valence-electron chi connectivity index (χ3n) is 4.61. The highest BCUT2D eigenvalue weighted by molar-refractivity contribution is 5.63. The SMILES string of the molecule is O[C@H]1[C@H](O)CN(CCc2c(F)cc(-c3ccccc3)cc2F)C[C@@H]1O. The number of benzene rings is 2. The minimum Gasteiger partial charge on any atom is -0.389 e. The summed E-state index contributed by atoms with van der Waals surface area (Å²) in [6, 6.07) is 11.7. The lowest BCUT2D eigenvalue weighted by Crippen LogP contribution is -2.55. The fourth-order valence-electron chi connectivity index (χ4n) is 3.17. The van der Waals surface area contributed by atoms with Gasteiger partial charge in [0.25, 0.3) is 0 Å². The van der Waals surface area contributed by atoms with Crippen molar-refractivity contribution in [1.29, 1.82) is 0 Å². The normalized spacial score (nSPS) is 24.4. The van der Waals surface area contributed by atoms with Crippen LogP contribution in [0.25, 0.3) is 11.1 Å². The number of nitrogens with zero attached hydrogens (tertiary/aromatic N) is 1. The first kappa shape index (κ1) is 17.9. The molecule has 2 aromatic rings. The van der Waals surface area contributed by atoms with E-state index in [9.17, 15) is 24.1 Å². The van der Waals surface area contributed by atoms with Crippen molar-refractivity contribution in [2.45, 2.75) is 24.7 Å². The van der Waals surface area contributed by atoms with Gasteiger partial charge < -0.3 is 15.3 Å². The van der Waals surface area contributed by atoms with Crippen molar-refractivity contribution in [1.82, 2.24) is 4.90 Å². The number of halogens is 2. The Morgan fingerprint density at radius 2 is 1.44 bits per heavy atom. The summed E-state index contributed by atoms with van der Waals surface area (Å²) in [5.41, 5.74) is 1.20. The lowest BCUT2D eigenvalue weighted by atomic mass is 9.99. The van der Waals surface area contributed by atoms with Crippen molar-refractivity contribution in [3.63, 3.8) is 0 Å². The molecule has 0 amide bonds. The monoisotopic (exact) mass is 349 g/mol. The molecule has 1 heterocycles. The number of hydrogen-bond acceptors (Lipinski definition) is 4. The molecule has 0 saturated carbocycles. The number of aliphatic hydroxyl groups is 3. The van der Waals surface area contributed by atoms with Crippen LogP contribution in [0.1, 0.15) is 5.56 Å². The Morgan fingerprint density at radius 1 is 0.880 bits per heavy atom. The lowest BCUT2D eigenvalue weighted by molar-refractivity contribution is -0.109. The summed E-state index contributed by atoms with van der Waals surface area (Å²) in [5.74, 6) is -1.23. The molecule has 3 rings (SSSR count). The zero-order chi connectivity index (χ0) is 18.0. The van der Waals surface area contributed by atoms with Crippen LogP contribution >= 0.6 is 0 Å². The molecule has 1 aliphatic heterocycles. The number of aliphatic hydroxyl groups excluding tert-OH is 3. The molecule has 1 fully saturated rings. The van der Waals surface area contributed by atoms with Crippen LogP contribution < -0.4 is 0 Å². The van der Waals surface area contributed by atoms with E-state index in [1.807, 2.05) is 6.07 Å². The first-order valence-electron chi connectivity index (χ1n) is 8.25. The highest BCUT2D eigenvalue weighted by atomic mass is 19.1. The predicted octanol–water partition coefficient (Wildman–Crippen LogP) is 1.57. The van der Waals surface area contributed by atoms with Crippen LogP contribution in [-0.4, -0.2) is 58.2 Å². The fourth-order valence-corrected chi connectivity index (χ4v) is 3.17. The molecule has 0 radical (unpaired) electrons. The van der Waals surface area contributed by atoms with Crippen molar-refractivity contribution >= 4 is 0 Å². The van der Waals surface area contributed by atoms with E-state index in [0.29, 0.717) is 5.56 Å². The van der Waals surface area contributed by atoms with Gasteiger partial charge >= 0.3 is 0 Å². The van der Waals surface area contributed by atoms with Crippen molar-refractivity contribution in [3.8, 4) is 11.1 Å². The molecule has 0 aliphatic carbocycles. The van der Waals surface area contributed by atoms with E-state index in [4.69, 9.17) is 0 Å². The second-order valence-corrected chi connectivity index (χ2v) is 6.42. The van der Waals surface area contributed by atoms with E-state index in [2.05, 4.69) is 0 Å². The van der Waals surface area contributed by atoms with Crippen LogP contribution in [0.5, 0.6) is 0 Å². The molecule has 134 valence electrons. The first-order valence-corrected chi connectivity index (χ1v) is 8.25. The van der Waals surface area contributed by atoms with Gasteiger partial charge in [0.05, 0.1) is 12.2 Å². The predicted molar refractivity (Wildman–Crippen MR) is 90.0 cm³/mol. The second kappa shape index (κ2) is 7.58. The molecule has 6 heteroatoms. The summed E-state index contributed by atoms with van der Waals surface area (Å²) < 4.78 is 28.7. The molecule has 1 aliphatic rings. The molecule has 25 heavy (non-hydrogen) atoms. The molecular weight excluding hydrogens is 328 g/mol. The van der Waals surface area contributed by atoms with Gasteiger partial charge in [-0.15, -0.1) is 0 Å². The zero-order valence-corrected chi connectivity index (χ0v) is 13.6. The molecule has 0 spiro atoms. The van der Waals surface area contributed by atoms with Gasteiger partial charge in [0.2, 0.25) is 0 Å². The maximum Gasteiger partial charge on any atom is 0.129 e. The van der Waals surface area contributed by atoms with E-state index in [-0.39, 0.29) is 31.6 Å². The van der Waals surface area contributed by atoms with Crippen molar-refractivity contribution in [2.24, 2.45) is 0 Å². The topological polar surface area (TPSA) is 63.9 Å². The summed E-state index contributed by atoms with van der Waals surface area (Å²) in [5, 5.41) is 28.9. The Bertz CT molecular complexity index is 691. The van der Waals surface area contributed by atoms with Crippen molar-refractivity contribution in [3.05, 3.63) is 59.7 Å². The Labute approximate surface area is 145 Å². The van der Waals surface area contributed by atoms with E-state index in [0.717, 1.165) is 5.56 Å². The van der Waals surface area contributed by atoms with Gasteiger partial charge in [-0.25, -0.2) is 8.78 Å². The van der Waals surface area contributed by atoms with Gasteiger partial charge in [-0.05, 0) is 29.7 Å². The van der Waals surface area contributed by atoms with Gasteiger partial charge in [-0.1, -0.05) is 30.3 Å². The third kappa shape index (κ3) is 4.04. The van der Waals surface area contributed by atoms with E-state index < -0.39 is 29.9 Å². The lowest BCUT2D eigenvalue weighted by Gasteiger charge is -2.36. The second-order valence-electron chi connectivity index (χ2n) is 6.42. The van der Waals surface area contributed by atoms with Gasteiger partial charge in [0, 0.05) is 25.2 Å². The summed E-state index contributed by atoms with van der Waals surface area (Å²) in [6.45, 7) is 0.590. The van der Waals surface area contributed by atoms with E-state index in [1.54, 1.807) is 29.2 Å². The van der Waals surface area contributed by atoms with Crippen LogP contribution in [0, 0.1) is 11.6 Å². The van der Waals surface area contributed by atoms with Crippen LogP contribution in [-0.2, 0) is 6.42 Å². The number of piperidine rings is 1. The molecule has 0 bridgehead atoms. The standard InChI is InChI=1S/C19H21F2NO3/c20-15-8-13(12-4-2-1-3-5-12)9-16(21)14(15)6-7-22-10-17(23)19(25)18(24)11-22/h1-5,8-9,17-19,23-25H,6-7,10-11H2/t17-,18+,19+. The number of β-amino-alcohol motifs (C(OH)–C–C–N with tert-alkyl or cyclic N) is 2. The Balaban J connectivity index is 1.71. The molecule has 2 aromatic carbocycles. The average Bonchev–Trinajstić information content (AvgIpc) is 2.59. The van der Waals surface area contributed by atoms with Crippen molar-refractivity contribution < 1.29 is 24.1 Å². The quantitative estimate of drug-likeness (QED) is 0.784. The Kier molecular flexibility index (Phi) is 5.44. The smallest absolute Gasteiger partial charge is 0.129 e. The highest BCUT2D eigenvalue weighted by Gasteiger charge is 2.33. The van der Waals surface area contributed by atoms with Gasteiger partial charge in [-0.3, -0.25) is 4.90 Å². The maximum atomic E-state index is 14.4. The molecule has 0 unspecified atom stereocenters. The van der Waals surface area contributed by atoms with Crippen LogP contribution in [0.2, 0.25) is 0 Å². The maximum absolute atomic E-state index is 14.4. The minimum atomic E-state index is -1.19. The van der Waals surface area contributed by atoms with Crippen LogP contribution in [0.3, 0.4) is 0 Å². The molecular formula is C19H21F2NO3. The first-order chi connectivity index (χ1) is 12.0. The highest BCUT2D eigenvalue weighted by Crippen LogP contribution is 2.25. The van der Waals surface area contributed by atoms with Gasteiger partial charge in [0.1, 0.15) is 17.7 Å². The average molecular weight is 349 g/mol. The molecule has 4 nitrogen and oxygen atoms in total. The molecule has 0 aromatic heterocycles. The largest absolute Gasteiger partial charge is 0.389 e. The van der Waals surface area contributed by atoms with Crippen LogP contribution in [0.4, 0.5) is 8.78 Å². The van der Waals surface area contributed by atoms with Crippen molar-refractivity contribution in [2.75, 3.05) is 19.6 Å². The molecule has 3 atom stereocenters. The number of hydrogen-bond donors (Lipinski definition) is 3. The van der Waals surface area contributed by atoms with Crippen LogP contribution in [0.15, 0.2) is 42.5 Å². The van der Waals surface area contributed by atoms with E-state index >= 15 is 0 Å². The molecule has 3 N–H and O–H groups in total. The number of likely N-dealkylation sites (tertiary alicyclic amines) is 1. The van der Waals surface area contributed by atoms with E-state index in [1.165, 1.54) is 12.1 Å².